The van der Waals surface area contributed by atoms with Crippen LogP contribution in [0.25, 0.3) is 0 Å². The quantitative estimate of drug-likeness (QED) is 0.824. The molecule has 0 saturated carbocycles. The molecule has 6 heteroatoms. The van der Waals surface area contributed by atoms with Crippen molar-refractivity contribution in [3.8, 4) is 0 Å². The molecule has 0 bridgehead atoms. The van der Waals surface area contributed by atoms with E-state index in [1.807, 2.05) is 25.8 Å². The number of amides is 1. The molecular formula is C14H24N4O2. The molecule has 1 atom stereocenters. The van der Waals surface area contributed by atoms with Crippen molar-refractivity contribution in [1.82, 2.24) is 15.4 Å². The number of hydrogen-bond acceptors (Lipinski definition) is 5. The summed E-state index contributed by atoms with van der Waals surface area (Å²) in [5.74, 6) is 0.642. The van der Waals surface area contributed by atoms with Crippen LogP contribution in [-0.4, -0.2) is 48.7 Å². The van der Waals surface area contributed by atoms with E-state index < -0.39 is 0 Å². The zero-order valence-corrected chi connectivity index (χ0v) is 12.5. The molecule has 2 rings (SSSR count). The van der Waals surface area contributed by atoms with Gasteiger partial charge < -0.3 is 9.84 Å². The molecule has 1 saturated heterocycles. The van der Waals surface area contributed by atoms with E-state index in [2.05, 4.69) is 15.8 Å². The summed E-state index contributed by atoms with van der Waals surface area (Å²) < 4.78 is 5.10. The van der Waals surface area contributed by atoms with Crippen LogP contribution in [0, 0.1) is 0 Å². The fraction of sp³-hybridized carbons (Fsp3) is 0.714. The molecular weight excluding hydrogens is 256 g/mol. The van der Waals surface area contributed by atoms with Crippen LogP contribution in [-0.2, 0) is 4.79 Å². The highest BCUT2D eigenvalue weighted by atomic mass is 16.5. The van der Waals surface area contributed by atoms with Gasteiger partial charge >= 0.3 is 0 Å². The molecule has 1 aromatic rings. The van der Waals surface area contributed by atoms with Gasteiger partial charge in [-0.3, -0.25) is 15.0 Å². The maximum atomic E-state index is 11.9. The molecule has 20 heavy (non-hydrogen) atoms. The van der Waals surface area contributed by atoms with E-state index >= 15 is 0 Å². The van der Waals surface area contributed by atoms with Gasteiger partial charge in [0.15, 0.2) is 0 Å². The van der Waals surface area contributed by atoms with Crippen molar-refractivity contribution in [2.45, 2.75) is 38.6 Å². The number of anilines is 1. The van der Waals surface area contributed by atoms with Crippen molar-refractivity contribution in [1.29, 1.82) is 0 Å². The van der Waals surface area contributed by atoms with Crippen LogP contribution in [0.15, 0.2) is 10.6 Å². The summed E-state index contributed by atoms with van der Waals surface area (Å²) in [5, 5.41) is 10.1. The van der Waals surface area contributed by atoms with E-state index in [-0.39, 0.29) is 5.91 Å². The number of aromatic nitrogens is 1. The highest BCUT2D eigenvalue weighted by Gasteiger charge is 2.18. The molecule has 2 N–H and O–H groups in total. The predicted molar refractivity (Wildman–Crippen MR) is 77.7 cm³/mol. The summed E-state index contributed by atoms with van der Waals surface area (Å²) in [6.07, 6.45) is 2.41. The maximum absolute atomic E-state index is 11.9. The molecule has 0 radical (unpaired) electrons. The Bertz CT molecular complexity index is 438. The van der Waals surface area contributed by atoms with Crippen LogP contribution in [0.4, 0.5) is 5.88 Å². The van der Waals surface area contributed by atoms with Gasteiger partial charge in [-0.2, -0.15) is 0 Å². The number of nitrogens with zero attached hydrogens (tertiary/aromatic N) is 2. The normalized spacial score (nSPS) is 18.9. The molecule has 0 spiro atoms. The zero-order chi connectivity index (χ0) is 14.5. The second kappa shape index (κ2) is 6.85. The lowest BCUT2D eigenvalue weighted by Gasteiger charge is -2.20. The highest BCUT2D eigenvalue weighted by molar-refractivity contribution is 5.90. The predicted octanol–water partition coefficient (Wildman–Crippen LogP) is 1.42. The Labute approximate surface area is 119 Å². The van der Waals surface area contributed by atoms with Crippen molar-refractivity contribution in [2.24, 2.45) is 0 Å². The van der Waals surface area contributed by atoms with E-state index in [1.165, 1.54) is 12.8 Å². The van der Waals surface area contributed by atoms with Gasteiger partial charge in [0.2, 0.25) is 11.8 Å². The second-order valence-electron chi connectivity index (χ2n) is 5.81. The summed E-state index contributed by atoms with van der Waals surface area (Å²) in [6.45, 7) is 6.40. The van der Waals surface area contributed by atoms with Crippen molar-refractivity contribution >= 4 is 11.8 Å². The Morgan fingerprint density at radius 1 is 1.65 bits per heavy atom. The Hall–Kier alpha value is -1.40. The lowest BCUT2D eigenvalue weighted by atomic mass is 10.1. The molecule has 112 valence electrons. The number of hydrogen-bond donors (Lipinski definition) is 2. The van der Waals surface area contributed by atoms with Gasteiger partial charge in [0.1, 0.15) is 0 Å². The van der Waals surface area contributed by atoms with Gasteiger partial charge in [-0.25, -0.2) is 0 Å². The molecule has 0 aromatic carbocycles. The smallest absolute Gasteiger partial charge is 0.240 e. The van der Waals surface area contributed by atoms with E-state index in [0.717, 1.165) is 18.8 Å². The van der Waals surface area contributed by atoms with Gasteiger partial charge in [-0.1, -0.05) is 19.0 Å². The zero-order valence-electron chi connectivity index (χ0n) is 12.5. The maximum Gasteiger partial charge on any atom is 0.240 e. The average Bonchev–Trinajstić information content (AvgIpc) is 2.99. The molecule has 1 aromatic heterocycles. The van der Waals surface area contributed by atoms with Crippen LogP contribution in [0.2, 0.25) is 0 Å². The fourth-order valence-electron chi connectivity index (χ4n) is 2.40. The minimum absolute atomic E-state index is 0.0723. The number of rotatable bonds is 6. The van der Waals surface area contributed by atoms with Gasteiger partial charge in [-0.05, 0) is 32.4 Å². The van der Waals surface area contributed by atoms with Crippen LogP contribution in [0.5, 0.6) is 0 Å². The number of carbonyl (C=O) groups excluding carboxylic acids is 1. The van der Waals surface area contributed by atoms with Crippen LogP contribution in [0.1, 0.15) is 38.3 Å². The lowest BCUT2D eigenvalue weighted by molar-refractivity contribution is -0.117. The third-order valence-corrected chi connectivity index (χ3v) is 3.49. The first kappa shape index (κ1) is 15.0. The summed E-state index contributed by atoms with van der Waals surface area (Å²) in [7, 11) is 1.96. The highest BCUT2D eigenvalue weighted by Crippen LogP contribution is 2.17. The first-order valence-electron chi connectivity index (χ1n) is 7.23. The molecule has 1 aliphatic heterocycles. The van der Waals surface area contributed by atoms with Crippen LogP contribution >= 0.6 is 0 Å². The molecule has 6 nitrogen and oxygen atoms in total. The third kappa shape index (κ3) is 4.31. The van der Waals surface area contributed by atoms with Crippen molar-refractivity contribution < 1.29 is 9.32 Å². The summed E-state index contributed by atoms with van der Waals surface area (Å²) in [4.78, 5) is 13.9. The van der Waals surface area contributed by atoms with Gasteiger partial charge in [0.05, 0.1) is 12.2 Å². The minimum atomic E-state index is -0.0723. The van der Waals surface area contributed by atoms with Crippen molar-refractivity contribution in [2.75, 3.05) is 32.0 Å². The Kier molecular flexibility index (Phi) is 5.14. The summed E-state index contributed by atoms with van der Waals surface area (Å²) in [5.41, 5.74) is 0.851. The Morgan fingerprint density at radius 3 is 3.05 bits per heavy atom. The van der Waals surface area contributed by atoms with Crippen LogP contribution < -0.4 is 10.6 Å². The van der Waals surface area contributed by atoms with E-state index in [9.17, 15) is 4.79 Å². The topological polar surface area (TPSA) is 70.4 Å². The third-order valence-electron chi connectivity index (χ3n) is 3.49. The van der Waals surface area contributed by atoms with Crippen molar-refractivity contribution in [3.05, 3.63) is 11.8 Å². The molecule has 2 heterocycles. The van der Waals surface area contributed by atoms with Crippen LogP contribution in [0.3, 0.4) is 0 Å². The largest absolute Gasteiger partial charge is 0.338 e. The Balaban J connectivity index is 1.76. The van der Waals surface area contributed by atoms with Gasteiger partial charge in [0.25, 0.3) is 0 Å². The summed E-state index contributed by atoms with van der Waals surface area (Å²) in [6, 6.07) is 2.28. The molecule has 1 unspecified atom stereocenters. The number of nitrogens with one attached hydrogen (secondary N) is 2. The Morgan fingerprint density at radius 2 is 2.45 bits per heavy atom. The monoisotopic (exact) mass is 280 g/mol. The SMILES string of the molecule is CC(C)c1cc(NC(=O)CN(C)CC2CCCN2)on1. The van der Waals surface area contributed by atoms with Gasteiger partial charge in [-0.15, -0.1) is 0 Å². The summed E-state index contributed by atoms with van der Waals surface area (Å²) >= 11 is 0. The lowest BCUT2D eigenvalue weighted by Crippen LogP contribution is -2.39. The van der Waals surface area contributed by atoms with Crippen molar-refractivity contribution in [3.63, 3.8) is 0 Å². The number of carbonyl (C=O) groups is 1. The van der Waals surface area contributed by atoms with E-state index in [4.69, 9.17) is 4.52 Å². The fourth-order valence-corrected chi connectivity index (χ4v) is 2.40. The molecule has 1 aliphatic rings. The van der Waals surface area contributed by atoms with Gasteiger partial charge in [0, 0.05) is 18.7 Å². The van der Waals surface area contributed by atoms with E-state index in [0.29, 0.717) is 24.4 Å². The first-order chi connectivity index (χ1) is 9.54. The molecule has 0 aliphatic carbocycles. The van der Waals surface area contributed by atoms with E-state index in [1.54, 1.807) is 6.07 Å². The molecule has 1 amide bonds. The second-order valence-corrected chi connectivity index (χ2v) is 5.81. The standard InChI is InChI=1S/C14H24N4O2/c1-10(2)12-7-14(20-17-12)16-13(19)9-18(3)8-11-5-4-6-15-11/h7,10-11,15H,4-6,8-9H2,1-3H3,(H,16,19). The molecule has 1 fully saturated rings. The first-order valence-corrected chi connectivity index (χ1v) is 7.23. The average molecular weight is 280 g/mol. The minimum Gasteiger partial charge on any atom is -0.338 e. The number of likely N-dealkylation sites (N-methyl/N-ethyl adjacent to an activating group) is 1.